The highest BCUT2D eigenvalue weighted by molar-refractivity contribution is 6.04. The predicted octanol–water partition coefficient (Wildman–Crippen LogP) is 4.46. The summed E-state index contributed by atoms with van der Waals surface area (Å²) in [6, 6.07) is 18.9. The third kappa shape index (κ3) is 3.32. The van der Waals surface area contributed by atoms with Crippen LogP contribution in [-0.4, -0.2) is 23.1 Å². The second kappa shape index (κ2) is 6.84. The number of carbonyl (C=O) groups excluding carboxylic acids is 1. The van der Waals surface area contributed by atoms with Crippen LogP contribution in [0.5, 0.6) is 11.5 Å². The molecule has 1 amide bonds. The molecule has 0 aliphatic rings. The average molecular weight is 360 g/mol. The number of hydrogen-bond acceptors (Lipinski definition) is 5. The lowest BCUT2D eigenvalue weighted by atomic mass is 10.1. The second-order valence-electron chi connectivity index (χ2n) is 5.90. The summed E-state index contributed by atoms with van der Waals surface area (Å²) in [6.07, 6.45) is 0. The number of methoxy groups -OCH3 is 1. The number of phenolic OH excluding ortho intramolecular Hbond substituents is 1. The van der Waals surface area contributed by atoms with E-state index in [0.29, 0.717) is 33.7 Å². The van der Waals surface area contributed by atoms with Gasteiger partial charge in [0.1, 0.15) is 17.0 Å². The SMILES string of the molecule is COc1ccc(C(=O)Nc2ccc(O)c(-c3nc4ccccc4o3)c2)cc1. The molecule has 3 aromatic carbocycles. The van der Waals surface area contributed by atoms with Crippen molar-refractivity contribution in [3.05, 3.63) is 72.3 Å². The first-order valence-corrected chi connectivity index (χ1v) is 8.28. The van der Waals surface area contributed by atoms with Gasteiger partial charge < -0.3 is 19.6 Å². The summed E-state index contributed by atoms with van der Waals surface area (Å²) in [5.74, 6) is 0.708. The summed E-state index contributed by atoms with van der Waals surface area (Å²) >= 11 is 0. The van der Waals surface area contributed by atoms with E-state index in [1.165, 1.54) is 6.07 Å². The summed E-state index contributed by atoms with van der Waals surface area (Å²) in [7, 11) is 1.57. The number of benzene rings is 3. The van der Waals surface area contributed by atoms with Gasteiger partial charge in [-0.15, -0.1) is 0 Å². The van der Waals surface area contributed by atoms with Crippen molar-refractivity contribution in [2.24, 2.45) is 0 Å². The van der Waals surface area contributed by atoms with E-state index < -0.39 is 0 Å². The van der Waals surface area contributed by atoms with Crippen LogP contribution >= 0.6 is 0 Å². The van der Waals surface area contributed by atoms with E-state index in [4.69, 9.17) is 9.15 Å². The Bertz CT molecular complexity index is 1080. The Morgan fingerprint density at radius 2 is 1.85 bits per heavy atom. The highest BCUT2D eigenvalue weighted by Gasteiger charge is 2.14. The Morgan fingerprint density at radius 3 is 2.59 bits per heavy atom. The van der Waals surface area contributed by atoms with Crippen LogP contribution in [0.15, 0.2) is 71.1 Å². The maximum Gasteiger partial charge on any atom is 0.255 e. The number of phenols is 1. The molecule has 2 N–H and O–H groups in total. The molecule has 1 heterocycles. The van der Waals surface area contributed by atoms with Gasteiger partial charge >= 0.3 is 0 Å². The predicted molar refractivity (Wildman–Crippen MR) is 102 cm³/mol. The fourth-order valence-electron chi connectivity index (χ4n) is 2.72. The van der Waals surface area contributed by atoms with Crippen molar-refractivity contribution in [3.8, 4) is 23.0 Å². The Kier molecular flexibility index (Phi) is 4.22. The highest BCUT2D eigenvalue weighted by Crippen LogP contribution is 2.33. The third-order valence-corrected chi connectivity index (χ3v) is 4.13. The molecule has 6 nitrogen and oxygen atoms in total. The maximum atomic E-state index is 12.4. The third-order valence-electron chi connectivity index (χ3n) is 4.13. The standard InChI is InChI=1S/C21H16N2O4/c1-26-15-9-6-13(7-10-15)20(25)22-14-8-11-18(24)16(12-14)21-23-17-4-2-3-5-19(17)27-21/h2-12,24H,1H3,(H,22,25). The molecule has 27 heavy (non-hydrogen) atoms. The number of ether oxygens (including phenoxy) is 1. The van der Waals surface area contributed by atoms with E-state index in [1.807, 2.05) is 18.2 Å². The first-order chi connectivity index (χ1) is 13.1. The lowest BCUT2D eigenvalue weighted by Gasteiger charge is -2.08. The normalized spacial score (nSPS) is 10.7. The van der Waals surface area contributed by atoms with Gasteiger partial charge in [-0.3, -0.25) is 4.79 Å². The zero-order valence-corrected chi connectivity index (χ0v) is 14.5. The smallest absolute Gasteiger partial charge is 0.255 e. The Morgan fingerprint density at radius 1 is 1.07 bits per heavy atom. The van der Waals surface area contributed by atoms with Crippen LogP contribution in [0.4, 0.5) is 5.69 Å². The monoisotopic (exact) mass is 360 g/mol. The molecular formula is C21H16N2O4. The number of oxazole rings is 1. The summed E-state index contributed by atoms with van der Waals surface area (Å²) in [6.45, 7) is 0. The molecule has 134 valence electrons. The van der Waals surface area contributed by atoms with Crippen molar-refractivity contribution in [2.75, 3.05) is 12.4 Å². The van der Waals surface area contributed by atoms with E-state index in [-0.39, 0.29) is 17.5 Å². The number of fused-ring (bicyclic) bond motifs is 1. The molecule has 1 aromatic heterocycles. The fourth-order valence-corrected chi connectivity index (χ4v) is 2.72. The largest absolute Gasteiger partial charge is 0.507 e. The molecule has 0 radical (unpaired) electrons. The van der Waals surface area contributed by atoms with Gasteiger partial charge in [0.15, 0.2) is 5.58 Å². The Labute approximate surface area is 155 Å². The topological polar surface area (TPSA) is 84.6 Å². The minimum atomic E-state index is -0.271. The number of hydrogen-bond donors (Lipinski definition) is 2. The molecular weight excluding hydrogens is 344 g/mol. The molecule has 0 spiro atoms. The summed E-state index contributed by atoms with van der Waals surface area (Å²) in [5, 5.41) is 13.0. The number of anilines is 1. The molecule has 0 unspecified atom stereocenters. The fraction of sp³-hybridized carbons (Fsp3) is 0.0476. The molecule has 0 aliphatic carbocycles. The molecule has 0 saturated carbocycles. The van der Waals surface area contributed by atoms with Crippen molar-refractivity contribution in [3.63, 3.8) is 0 Å². The van der Waals surface area contributed by atoms with Crippen LogP contribution in [0.2, 0.25) is 0 Å². The van der Waals surface area contributed by atoms with Gasteiger partial charge in [-0.25, -0.2) is 4.98 Å². The van der Waals surface area contributed by atoms with E-state index in [0.717, 1.165) is 0 Å². The van der Waals surface area contributed by atoms with Crippen molar-refractivity contribution < 1.29 is 19.1 Å². The highest BCUT2D eigenvalue weighted by atomic mass is 16.5. The number of para-hydroxylation sites is 2. The van der Waals surface area contributed by atoms with Crippen LogP contribution in [0.25, 0.3) is 22.6 Å². The average Bonchev–Trinajstić information content (AvgIpc) is 3.13. The molecule has 4 rings (SSSR count). The van der Waals surface area contributed by atoms with Gasteiger partial charge in [0.2, 0.25) is 5.89 Å². The van der Waals surface area contributed by atoms with E-state index in [2.05, 4.69) is 10.3 Å². The summed E-state index contributed by atoms with van der Waals surface area (Å²) in [4.78, 5) is 16.8. The lowest BCUT2D eigenvalue weighted by molar-refractivity contribution is 0.102. The van der Waals surface area contributed by atoms with E-state index >= 15 is 0 Å². The molecule has 6 heteroatoms. The quantitative estimate of drug-likeness (QED) is 0.525. The van der Waals surface area contributed by atoms with Gasteiger partial charge in [-0.2, -0.15) is 0 Å². The molecule has 0 bridgehead atoms. The van der Waals surface area contributed by atoms with Gasteiger partial charge in [0, 0.05) is 11.3 Å². The number of rotatable bonds is 4. The second-order valence-corrected chi connectivity index (χ2v) is 5.90. The van der Waals surface area contributed by atoms with Gasteiger partial charge in [-0.05, 0) is 54.6 Å². The molecule has 0 atom stereocenters. The van der Waals surface area contributed by atoms with Gasteiger partial charge in [0.25, 0.3) is 5.91 Å². The molecule has 0 fully saturated rings. The van der Waals surface area contributed by atoms with Crippen LogP contribution in [0.1, 0.15) is 10.4 Å². The minimum Gasteiger partial charge on any atom is -0.507 e. The number of nitrogens with one attached hydrogen (secondary N) is 1. The number of carbonyl (C=O) groups is 1. The van der Waals surface area contributed by atoms with Crippen LogP contribution in [0.3, 0.4) is 0 Å². The first kappa shape index (κ1) is 16.7. The van der Waals surface area contributed by atoms with Crippen LogP contribution < -0.4 is 10.1 Å². The Hall–Kier alpha value is -3.80. The van der Waals surface area contributed by atoms with Crippen molar-refractivity contribution in [1.82, 2.24) is 4.98 Å². The number of aromatic hydroxyl groups is 1. The molecule has 0 aliphatic heterocycles. The van der Waals surface area contributed by atoms with Crippen molar-refractivity contribution in [2.45, 2.75) is 0 Å². The van der Waals surface area contributed by atoms with Crippen LogP contribution in [-0.2, 0) is 0 Å². The van der Waals surface area contributed by atoms with Crippen molar-refractivity contribution in [1.29, 1.82) is 0 Å². The zero-order valence-electron chi connectivity index (χ0n) is 14.5. The molecule has 0 saturated heterocycles. The zero-order chi connectivity index (χ0) is 18.8. The van der Waals surface area contributed by atoms with E-state index in [1.54, 1.807) is 49.6 Å². The van der Waals surface area contributed by atoms with Gasteiger partial charge in [-0.1, -0.05) is 12.1 Å². The van der Waals surface area contributed by atoms with Gasteiger partial charge in [0.05, 0.1) is 12.7 Å². The number of nitrogens with zero attached hydrogens (tertiary/aromatic N) is 1. The first-order valence-electron chi connectivity index (χ1n) is 8.28. The van der Waals surface area contributed by atoms with Crippen molar-refractivity contribution >= 4 is 22.7 Å². The Balaban J connectivity index is 1.62. The van der Waals surface area contributed by atoms with Crippen LogP contribution in [0, 0.1) is 0 Å². The minimum absolute atomic E-state index is 0.0176. The summed E-state index contributed by atoms with van der Waals surface area (Å²) < 4.78 is 10.8. The molecule has 4 aromatic rings. The number of aromatic nitrogens is 1. The summed E-state index contributed by atoms with van der Waals surface area (Å²) in [5.41, 5.74) is 2.73. The van der Waals surface area contributed by atoms with E-state index in [9.17, 15) is 9.90 Å². The maximum absolute atomic E-state index is 12.4. The lowest BCUT2D eigenvalue weighted by Crippen LogP contribution is -2.11. The number of amides is 1.